The van der Waals surface area contributed by atoms with Gasteiger partial charge in [-0.15, -0.1) is 0 Å². The topological polar surface area (TPSA) is 24.0 Å². The second-order valence-electron chi connectivity index (χ2n) is 4.41. The van der Waals surface area contributed by atoms with Crippen molar-refractivity contribution < 1.29 is 0 Å². The van der Waals surface area contributed by atoms with Crippen LogP contribution < -0.4 is 0 Å². The van der Waals surface area contributed by atoms with Crippen LogP contribution in [0.4, 0.5) is 0 Å². The molecule has 0 unspecified atom stereocenters. The Hall–Kier alpha value is -1.13. The molecule has 1 aromatic heterocycles. The van der Waals surface area contributed by atoms with Gasteiger partial charge < -0.3 is 14.5 Å². The number of aromatic nitrogens is 2. The highest BCUT2D eigenvalue weighted by Crippen LogP contribution is 2.15. The molecule has 1 aromatic carbocycles. The predicted octanol–water partition coefficient (Wildman–Crippen LogP) is 2.57. The molecule has 86 valence electrons. The lowest BCUT2D eigenvalue weighted by Crippen LogP contribution is -2.18. The summed E-state index contributed by atoms with van der Waals surface area (Å²) in [5.41, 5.74) is 3.58. The van der Waals surface area contributed by atoms with Gasteiger partial charge in [0.2, 0.25) is 0 Å². The first-order chi connectivity index (χ1) is 7.58. The van der Waals surface area contributed by atoms with E-state index in [4.69, 9.17) is 12.2 Å². The van der Waals surface area contributed by atoms with Crippen molar-refractivity contribution in [3.05, 3.63) is 28.5 Å². The second kappa shape index (κ2) is 4.39. The van der Waals surface area contributed by atoms with E-state index in [1.165, 1.54) is 11.1 Å². The first-order valence-electron chi connectivity index (χ1n) is 5.42. The van der Waals surface area contributed by atoms with Gasteiger partial charge in [0.1, 0.15) is 0 Å². The van der Waals surface area contributed by atoms with Gasteiger partial charge in [0.05, 0.1) is 11.0 Å². The summed E-state index contributed by atoms with van der Waals surface area (Å²) in [4.78, 5) is 5.40. The van der Waals surface area contributed by atoms with Gasteiger partial charge in [-0.1, -0.05) is 6.07 Å². The SMILES string of the molecule is Cc1ccc2[nH]c(=S)n(CCN(C)C)c2c1. The number of aryl methyl sites for hydroxylation is 1. The van der Waals surface area contributed by atoms with Gasteiger partial charge >= 0.3 is 0 Å². The molecular formula is C12H17N3S. The summed E-state index contributed by atoms with van der Waals surface area (Å²) < 4.78 is 2.97. The van der Waals surface area contributed by atoms with Crippen LogP contribution in [0, 0.1) is 11.7 Å². The van der Waals surface area contributed by atoms with Crippen LogP contribution >= 0.6 is 12.2 Å². The van der Waals surface area contributed by atoms with Crippen molar-refractivity contribution >= 4 is 23.3 Å². The van der Waals surface area contributed by atoms with Crippen molar-refractivity contribution in [3.8, 4) is 0 Å². The Kier molecular flexibility index (Phi) is 3.12. The molecule has 16 heavy (non-hydrogen) atoms. The molecule has 0 amide bonds. The molecule has 0 radical (unpaired) electrons. The average molecular weight is 235 g/mol. The van der Waals surface area contributed by atoms with Crippen LogP contribution in [-0.2, 0) is 6.54 Å². The highest BCUT2D eigenvalue weighted by Gasteiger charge is 2.04. The Morgan fingerprint density at radius 1 is 1.38 bits per heavy atom. The normalized spacial score (nSPS) is 11.5. The Morgan fingerprint density at radius 2 is 2.12 bits per heavy atom. The Balaban J connectivity index is 2.46. The van der Waals surface area contributed by atoms with Crippen LogP contribution in [-0.4, -0.2) is 35.1 Å². The predicted molar refractivity (Wildman–Crippen MR) is 70.4 cm³/mol. The van der Waals surface area contributed by atoms with E-state index in [0.29, 0.717) is 0 Å². The minimum absolute atomic E-state index is 0.808. The third-order valence-corrected chi connectivity index (χ3v) is 3.02. The van der Waals surface area contributed by atoms with Crippen LogP contribution in [0.15, 0.2) is 18.2 Å². The maximum atomic E-state index is 5.34. The molecule has 0 aliphatic rings. The number of nitrogens with one attached hydrogen (secondary N) is 1. The van der Waals surface area contributed by atoms with Crippen LogP contribution in [0.5, 0.6) is 0 Å². The summed E-state index contributed by atoms with van der Waals surface area (Å²) in [5, 5.41) is 0. The third-order valence-electron chi connectivity index (χ3n) is 2.70. The molecule has 0 saturated carbocycles. The standard InChI is InChI=1S/C12H17N3S/c1-9-4-5-10-11(8-9)15(12(16)13-10)7-6-14(2)3/h4-5,8H,6-7H2,1-3H3,(H,13,16). The summed E-state index contributed by atoms with van der Waals surface area (Å²) in [7, 11) is 4.15. The summed E-state index contributed by atoms with van der Waals surface area (Å²) in [6.45, 7) is 4.02. The van der Waals surface area contributed by atoms with Crippen molar-refractivity contribution in [2.24, 2.45) is 0 Å². The molecule has 0 aliphatic heterocycles. The minimum Gasteiger partial charge on any atom is -0.331 e. The number of hydrogen-bond donors (Lipinski definition) is 1. The Bertz CT molecular complexity index is 551. The van der Waals surface area contributed by atoms with Gasteiger partial charge in [-0.3, -0.25) is 0 Å². The van der Waals surface area contributed by atoms with E-state index in [1.807, 2.05) is 0 Å². The molecule has 0 aliphatic carbocycles. The largest absolute Gasteiger partial charge is 0.331 e. The van der Waals surface area contributed by atoms with Crippen molar-refractivity contribution in [2.45, 2.75) is 13.5 Å². The van der Waals surface area contributed by atoms with Crippen molar-refractivity contribution in [1.29, 1.82) is 0 Å². The molecule has 0 fully saturated rings. The number of aromatic amines is 1. The second-order valence-corrected chi connectivity index (χ2v) is 4.79. The van der Waals surface area contributed by atoms with E-state index in [9.17, 15) is 0 Å². The van der Waals surface area contributed by atoms with Crippen LogP contribution in [0.3, 0.4) is 0 Å². The van der Waals surface area contributed by atoms with Crippen molar-refractivity contribution in [3.63, 3.8) is 0 Å². The Morgan fingerprint density at radius 3 is 2.81 bits per heavy atom. The highest BCUT2D eigenvalue weighted by atomic mass is 32.1. The monoisotopic (exact) mass is 235 g/mol. The maximum Gasteiger partial charge on any atom is 0.178 e. The van der Waals surface area contributed by atoms with Crippen molar-refractivity contribution in [1.82, 2.24) is 14.5 Å². The van der Waals surface area contributed by atoms with E-state index in [-0.39, 0.29) is 0 Å². The summed E-state index contributed by atoms with van der Waals surface area (Å²) in [5.74, 6) is 0. The molecule has 1 heterocycles. The Labute approximate surface area is 101 Å². The summed E-state index contributed by atoms with van der Waals surface area (Å²) in [6, 6.07) is 6.37. The summed E-state index contributed by atoms with van der Waals surface area (Å²) in [6.07, 6.45) is 0. The van der Waals surface area contributed by atoms with E-state index < -0.39 is 0 Å². The number of rotatable bonds is 3. The van der Waals surface area contributed by atoms with E-state index in [2.05, 4.69) is 53.7 Å². The third kappa shape index (κ3) is 2.18. The molecule has 0 spiro atoms. The quantitative estimate of drug-likeness (QED) is 0.827. The molecule has 3 nitrogen and oxygen atoms in total. The zero-order chi connectivity index (χ0) is 11.7. The number of likely N-dealkylation sites (N-methyl/N-ethyl adjacent to an activating group) is 1. The maximum absolute atomic E-state index is 5.34. The number of nitrogens with zero attached hydrogens (tertiary/aromatic N) is 2. The zero-order valence-corrected chi connectivity index (χ0v) is 10.8. The van der Waals surface area contributed by atoms with Crippen LogP contribution in [0.2, 0.25) is 0 Å². The van der Waals surface area contributed by atoms with Gasteiger partial charge in [-0.25, -0.2) is 0 Å². The first-order valence-corrected chi connectivity index (χ1v) is 5.82. The van der Waals surface area contributed by atoms with E-state index in [1.54, 1.807) is 0 Å². The number of imidazole rings is 1. The van der Waals surface area contributed by atoms with E-state index >= 15 is 0 Å². The number of hydrogen-bond acceptors (Lipinski definition) is 2. The van der Waals surface area contributed by atoms with Gasteiger partial charge in [0.15, 0.2) is 4.77 Å². The van der Waals surface area contributed by atoms with Crippen LogP contribution in [0.1, 0.15) is 5.56 Å². The first kappa shape index (κ1) is 11.4. The lowest BCUT2D eigenvalue weighted by molar-refractivity contribution is 0.385. The fourth-order valence-electron chi connectivity index (χ4n) is 1.78. The van der Waals surface area contributed by atoms with Gasteiger partial charge in [0.25, 0.3) is 0 Å². The molecule has 1 N–H and O–H groups in total. The molecular weight excluding hydrogens is 218 g/mol. The molecule has 4 heteroatoms. The van der Waals surface area contributed by atoms with Crippen molar-refractivity contribution in [2.75, 3.05) is 20.6 Å². The minimum atomic E-state index is 0.808. The fraction of sp³-hybridized carbons (Fsp3) is 0.417. The lowest BCUT2D eigenvalue weighted by Gasteiger charge is -2.10. The fourth-order valence-corrected chi connectivity index (χ4v) is 2.08. The number of benzene rings is 1. The molecule has 0 atom stereocenters. The van der Waals surface area contributed by atoms with Gasteiger partial charge in [-0.05, 0) is 50.9 Å². The van der Waals surface area contributed by atoms with E-state index in [0.717, 1.165) is 23.4 Å². The lowest BCUT2D eigenvalue weighted by atomic mass is 10.2. The highest BCUT2D eigenvalue weighted by molar-refractivity contribution is 7.71. The van der Waals surface area contributed by atoms with Gasteiger partial charge in [0, 0.05) is 13.1 Å². The molecule has 2 rings (SSSR count). The molecule has 0 saturated heterocycles. The van der Waals surface area contributed by atoms with Gasteiger partial charge in [-0.2, -0.15) is 0 Å². The molecule has 2 aromatic rings. The zero-order valence-electron chi connectivity index (χ0n) is 9.95. The summed E-state index contributed by atoms with van der Waals surface area (Å²) >= 11 is 5.34. The average Bonchev–Trinajstić information content (AvgIpc) is 2.51. The number of fused-ring (bicyclic) bond motifs is 1. The molecule has 0 bridgehead atoms. The smallest absolute Gasteiger partial charge is 0.178 e. The van der Waals surface area contributed by atoms with Crippen LogP contribution in [0.25, 0.3) is 11.0 Å². The number of H-pyrrole nitrogens is 1.